The van der Waals surface area contributed by atoms with Gasteiger partial charge in [-0.2, -0.15) is 0 Å². The van der Waals surface area contributed by atoms with Crippen molar-refractivity contribution in [1.82, 2.24) is 53.6 Å². The molecule has 0 saturated carbocycles. The van der Waals surface area contributed by atoms with Gasteiger partial charge in [-0.25, -0.2) is 15.0 Å². The van der Waals surface area contributed by atoms with E-state index >= 15 is 0 Å². The normalized spacial score (nSPS) is 11.3. The molecule has 5 aromatic heterocycles. The molecule has 5 heterocycles. The number of rotatable bonds is 11. The molecule has 0 atom stereocenters. The Morgan fingerprint density at radius 1 is 0.224 bits per heavy atom. The molecular weight excluding hydrogens is 1060 g/mol. The predicted molar refractivity (Wildman–Crippen MR) is 343 cm³/mol. The van der Waals surface area contributed by atoms with Gasteiger partial charge in [0.1, 0.15) is 27.5 Å². The number of fused-ring (bicyclic) bond motifs is 3. The lowest BCUT2D eigenvalue weighted by molar-refractivity contribution is 1.04. The average molecular weight is 1110 g/mol. The lowest BCUT2D eigenvalue weighted by Crippen LogP contribution is -2.06. The molecule has 16 rings (SSSR count). The van der Waals surface area contributed by atoms with Crippen molar-refractivity contribution in [2.75, 3.05) is 0 Å². The van der Waals surface area contributed by atoms with Crippen molar-refractivity contribution in [3.05, 3.63) is 297 Å². The van der Waals surface area contributed by atoms with E-state index in [1.54, 1.807) is 11.3 Å². The molecule has 16 aromatic rings. The molecule has 0 radical (unpaired) electrons. The maximum Gasteiger partial charge on any atom is 0.170 e. The Bertz CT molecular complexity index is 4830. The van der Waals surface area contributed by atoms with Gasteiger partial charge in [0.25, 0.3) is 0 Å². The number of hydrogen-bond donors (Lipinski definition) is 0. The van der Waals surface area contributed by atoms with Crippen molar-refractivity contribution in [3.8, 4) is 101 Å². The highest BCUT2D eigenvalue weighted by Gasteiger charge is 2.26. The van der Waals surface area contributed by atoms with Gasteiger partial charge < -0.3 is 0 Å². The average Bonchev–Trinajstić information content (AvgIpc) is 2.09. The van der Waals surface area contributed by atoms with Crippen LogP contribution in [0.15, 0.2) is 297 Å². The van der Waals surface area contributed by atoms with Gasteiger partial charge in [-0.15, -0.1) is 20.4 Å². The fraction of sp³-hybridized carbons (Fsp3) is 0. The van der Waals surface area contributed by atoms with Gasteiger partial charge >= 0.3 is 0 Å². The first-order valence-electron chi connectivity index (χ1n) is 28.0. The van der Waals surface area contributed by atoms with E-state index < -0.39 is 0 Å². The molecule has 0 amide bonds. The van der Waals surface area contributed by atoms with Gasteiger partial charge in [-0.05, 0) is 84.9 Å². The fourth-order valence-corrected chi connectivity index (χ4v) is 12.1. The van der Waals surface area contributed by atoms with Crippen molar-refractivity contribution in [2.45, 2.75) is 0 Å². The van der Waals surface area contributed by atoms with Crippen molar-refractivity contribution < 1.29 is 0 Å². The first-order valence-corrected chi connectivity index (χ1v) is 28.8. The lowest BCUT2D eigenvalue weighted by Gasteiger charge is -2.18. The zero-order chi connectivity index (χ0) is 56.5. The molecule has 0 aliphatic carbocycles. The largest absolute Gasteiger partial charge is 0.292 e. The standard InChI is InChI=1S/C46H31N7.C27H18N4S/c1-4-18-32(19-5-1)43-47-37-26-12-16-30-41(37)52(43)39-28-14-10-24-35(39)45-49-50-46(51(45)34-22-8-3-9-23-34)36-25-11-15-29-40(36)53-42-31-17-13-27-38(42)48-44(53)33-20-6-2-7-21-33;1-3-11-19(12-4-1)25-28-22-16-8-10-18-24(22)31(25)23-17-9-7-15-21(23)27-30-29-26(32-27)20-13-5-2-6-14-20/h1-31H;1-18H. The predicted octanol–water partition coefficient (Wildman–Crippen LogP) is 17.5. The zero-order valence-electron chi connectivity index (χ0n) is 45.6. The van der Waals surface area contributed by atoms with Crippen LogP contribution in [0.1, 0.15) is 0 Å². The molecule has 0 aliphatic heterocycles. The monoisotopic (exact) mass is 1110 g/mol. The van der Waals surface area contributed by atoms with Gasteiger partial charge in [0, 0.05) is 44.6 Å². The summed E-state index contributed by atoms with van der Waals surface area (Å²) >= 11 is 1.60. The number of hydrogen-bond acceptors (Lipinski definition) is 8. The summed E-state index contributed by atoms with van der Waals surface area (Å²) in [6.07, 6.45) is 0. The highest BCUT2D eigenvalue weighted by molar-refractivity contribution is 7.18. The summed E-state index contributed by atoms with van der Waals surface area (Å²) in [6, 6.07) is 101. The third kappa shape index (κ3) is 9.34. The summed E-state index contributed by atoms with van der Waals surface area (Å²) in [5.41, 5.74) is 16.9. The molecule has 0 fully saturated rings. The van der Waals surface area contributed by atoms with Crippen molar-refractivity contribution >= 4 is 44.4 Å². The van der Waals surface area contributed by atoms with Crippen LogP contribution in [-0.4, -0.2) is 53.6 Å². The van der Waals surface area contributed by atoms with E-state index in [4.69, 9.17) is 25.1 Å². The third-order valence-electron chi connectivity index (χ3n) is 15.0. The first kappa shape index (κ1) is 50.5. The van der Waals surface area contributed by atoms with Crippen LogP contribution in [-0.2, 0) is 0 Å². The van der Waals surface area contributed by atoms with Gasteiger partial charge in [0.05, 0.1) is 50.2 Å². The van der Waals surface area contributed by atoms with E-state index in [1.807, 2.05) is 103 Å². The number of nitrogens with zero attached hydrogens (tertiary/aromatic N) is 11. The maximum atomic E-state index is 5.14. The number of imidazole rings is 3. The first-order chi connectivity index (χ1) is 42.2. The second-order valence-electron chi connectivity index (χ2n) is 20.2. The quantitative estimate of drug-likeness (QED) is 0.127. The van der Waals surface area contributed by atoms with Crippen LogP contribution in [0.2, 0.25) is 0 Å². The fourth-order valence-electron chi connectivity index (χ4n) is 11.2. The Labute approximate surface area is 493 Å². The summed E-state index contributed by atoms with van der Waals surface area (Å²) in [6.45, 7) is 0. The van der Waals surface area contributed by atoms with E-state index in [9.17, 15) is 0 Å². The topological polar surface area (TPSA) is 110 Å². The Morgan fingerprint density at radius 2 is 0.529 bits per heavy atom. The Balaban J connectivity index is 0.000000163. The van der Waals surface area contributed by atoms with E-state index in [-0.39, 0.29) is 0 Å². The van der Waals surface area contributed by atoms with Gasteiger partial charge in [0.15, 0.2) is 11.6 Å². The molecule has 0 bridgehead atoms. The number of benzene rings is 11. The molecule has 0 saturated heterocycles. The summed E-state index contributed by atoms with van der Waals surface area (Å²) < 4.78 is 8.87. The van der Waals surface area contributed by atoms with E-state index in [1.165, 1.54) is 0 Å². The van der Waals surface area contributed by atoms with Crippen molar-refractivity contribution in [1.29, 1.82) is 0 Å². The Kier molecular flexibility index (Phi) is 13.1. The molecule has 85 heavy (non-hydrogen) atoms. The van der Waals surface area contributed by atoms with Crippen molar-refractivity contribution in [3.63, 3.8) is 0 Å². The van der Waals surface area contributed by atoms with E-state index in [0.717, 1.165) is 122 Å². The van der Waals surface area contributed by atoms with Gasteiger partial charge in [0.2, 0.25) is 0 Å². The van der Waals surface area contributed by atoms with Gasteiger partial charge in [-0.3, -0.25) is 18.3 Å². The number of para-hydroxylation sites is 10. The Morgan fingerprint density at radius 3 is 0.941 bits per heavy atom. The molecule has 0 aliphatic rings. The minimum atomic E-state index is 0.715. The molecule has 0 N–H and O–H groups in total. The van der Waals surface area contributed by atoms with Crippen LogP contribution in [0, 0.1) is 0 Å². The summed E-state index contributed by atoms with van der Waals surface area (Å²) in [5.74, 6) is 4.05. The van der Waals surface area contributed by atoms with Crippen LogP contribution in [0.25, 0.3) is 134 Å². The molecule has 0 unspecified atom stereocenters. The molecule has 11 nitrogen and oxygen atoms in total. The Hall–Kier alpha value is -11.5. The van der Waals surface area contributed by atoms with Crippen LogP contribution in [0.3, 0.4) is 0 Å². The smallest absolute Gasteiger partial charge is 0.170 e. The van der Waals surface area contributed by atoms with Gasteiger partial charge in [-0.1, -0.05) is 224 Å². The number of aromatic nitrogens is 11. The van der Waals surface area contributed by atoms with Crippen molar-refractivity contribution in [2.24, 2.45) is 0 Å². The highest BCUT2D eigenvalue weighted by atomic mass is 32.1. The second kappa shape index (κ2) is 22.1. The van der Waals surface area contributed by atoms with E-state index in [0.29, 0.717) is 11.6 Å². The zero-order valence-corrected chi connectivity index (χ0v) is 46.4. The highest BCUT2D eigenvalue weighted by Crippen LogP contribution is 2.41. The van der Waals surface area contributed by atoms with Crippen LogP contribution in [0.5, 0.6) is 0 Å². The minimum absolute atomic E-state index is 0.715. The molecule has 12 heteroatoms. The summed E-state index contributed by atoms with van der Waals surface area (Å²) in [7, 11) is 0. The van der Waals surface area contributed by atoms with E-state index in [2.05, 4.69) is 223 Å². The second-order valence-corrected chi connectivity index (χ2v) is 21.2. The molecule has 0 spiro atoms. The molecular formula is C73H49N11S. The van der Waals surface area contributed by atoms with Crippen LogP contribution >= 0.6 is 11.3 Å². The third-order valence-corrected chi connectivity index (χ3v) is 16.1. The summed E-state index contributed by atoms with van der Waals surface area (Å²) in [4.78, 5) is 15.3. The lowest BCUT2D eigenvalue weighted by atomic mass is 10.1. The minimum Gasteiger partial charge on any atom is -0.292 e. The SMILES string of the molecule is c1ccc(-c2nc3ccccc3n2-c2ccccc2-c2nnc(-c3ccccc3-n3c(-c4ccccc4)nc4ccccc43)n2-c2ccccc2)cc1.c1ccc(-c2nnc(-c3ccccc3-n3c(-c4ccccc4)nc4ccccc43)s2)cc1. The van der Waals surface area contributed by atoms with Crippen LogP contribution < -0.4 is 0 Å². The maximum absolute atomic E-state index is 5.14. The van der Waals surface area contributed by atoms with Crippen LogP contribution in [0.4, 0.5) is 0 Å². The molecule has 402 valence electrons. The molecule has 11 aromatic carbocycles. The summed E-state index contributed by atoms with van der Waals surface area (Å²) in [5, 5.41) is 20.8.